The number of halogens is 1. The summed E-state index contributed by atoms with van der Waals surface area (Å²) in [5.41, 5.74) is 0.447. The standard InChI is InChI=1S/C9H11BrN2O3/c10-5-1-6(11-2-5)9(15)12-3-7(13)8(14)4-12/h1-2,7-8,11,13-14H,3-4H2/t7-,8+. The molecule has 0 aromatic carbocycles. The van der Waals surface area contributed by atoms with Crippen LogP contribution < -0.4 is 0 Å². The van der Waals surface area contributed by atoms with Gasteiger partial charge in [0.1, 0.15) is 5.69 Å². The van der Waals surface area contributed by atoms with Crippen molar-refractivity contribution in [3.8, 4) is 0 Å². The van der Waals surface area contributed by atoms with E-state index in [1.54, 1.807) is 12.3 Å². The van der Waals surface area contributed by atoms with E-state index >= 15 is 0 Å². The molecule has 1 fully saturated rings. The molecule has 0 spiro atoms. The molecule has 0 unspecified atom stereocenters. The monoisotopic (exact) mass is 274 g/mol. The van der Waals surface area contributed by atoms with Gasteiger partial charge in [-0.3, -0.25) is 4.79 Å². The van der Waals surface area contributed by atoms with Gasteiger partial charge in [-0.15, -0.1) is 0 Å². The van der Waals surface area contributed by atoms with Gasteiger partial charge in [-0.25, -0.2) is 0 Å². The van der Waals surface area contributed by atoms with E-state index in [1.165, 1.54) is 4.90 Å². The van der Waals surface area contributed by atoms with Crippen LogP contribution in [0, 0.1) is 0 Å². The number of aromatic amines is 1. The van der Waals surface area contributed by atoms with Crippen LogP contribution in [0.1, 0.15) is 10.5 Å². The van der Waals surface area contributed by atoms with Crippen LogP contribution in [0.5, 0.6) is 0 Å². The molecule has 6 heteroatoms. The maximum atomic E-state index is 11.8. The summed E-state index contributed by atoms with van der Waals surface area (Å²) in [6, 6.07) is 1.67. The molecule has 82 valence electrons. The summed E-state index contributed by atoms with van der Waals surface area (Å²) in [6.45, 7) is 0.354. The minimum atomic E-state index is -0.840. The first kappa shape index (κ1) is 10.7. The third-order valence-corrected chi connectivity index (χ3v) is 2.88. The second kappa shape index (κ2) is 3.96. The molecule has 0 bridgehead atoms. The molecule has 15 heavy (non-hydrogen) atoms. The predicted octanol–water partition coefficient (Wildman–Crippen LogP) is -0.0452. The van der Waals surface area contributed by atoms with E-state index in [2.05, 4.69) is 20.9 Å². The molecule has 1 aromatic rings. The number of likely N-dealkylation sites (tertiary alicyclic amines) is 1. The zero-order chi connectivity index (χ0) is 11.0. The first-order chi connectivity index (χ1) is 7.08. The van der Waals surface area contributed by atoms with Crippen molar-refractivity contribution in [2.45, 2.75) is 12.2 Å². The van der Waals surface area contributed by atoms with E-state index in [0.717, 1.165) is 4.47 Å². The van der Waals surface area contributed by atoms with Crippen LogP contribution >= 0.6 is 15.9 Å². The van der Waals surface area contributed by atoms with Crippen molar-refractivity contribution >= 4 is 21.8 Å². The number of aliphatic hydroxyl groups is 2. The molecule has 1 aliphatic rings. The van der Waals surface area contributed by atoms with Crippen molar-refractivity contribution in [3.05, 3.63) is 22.4 Å². The topological polar surface area (TPSA) is 76.6 Å². The Kier molecular flexibility index (Phi) is 2.81. The molecule has 5 nitrogen and oxygen atoms in total. The number of carbonyl (C=O) groups excluding carboxylic acids is 1. The number of aliphatic hydroxyl groups excluding tert-OH is 2. The molecule has 2 heterocycles. The largest absolute Gasteiger partial charge is 0.388 e. The van der Waals surface area contributed by atoms with Crippen molar-refractivity contribution in [2.24, 2.45) is 0 Å². The molecule has 0 radical (unpaired) electrons. The summed E-state index contributed by atoms with van der Waals surface area (Å²) in [5, 5.41) is 18.6. The molecule has 1 aliphatic heterocycles. The second-order valence-electron chi connectivity index (χ2n) is 3.58. The first-order valence-electron chi connectivity index (χ1n) is 4.57. The number of hydrogen-bond acceptors (Lipinski definition) is 3. The zero-order valence-electron chi connectivity index (χ0n) is 7.85. The molecule has 1 saturated heterocycles. The Morgan fingerprint density at radius 2 is 2.07 bits per heavy atom. The molecule has 1 aromatic heterocycles. The minimum Gasteiger partial charge on any atom is -0.388 e. The van der Waals surface area contributed by atoms with Crippen LogP contribution in [0.4, 0.5) is 0 Å². The molecule has 2 rings (SSSR count). The normalized spacial score (nSPS) is 25.9. The highest BCUT2D eigenvalue weighted by atomic mass is 79.9. The Bertz CT molecular complexity index is 369. The lowest BCUT2D eigenvalue weighted by atomic mass is 10.3. The van der Waals surface area contributed by atoms with E-state index in [9.17, 15) is 15.0 Å². The lowest BCUT2D eigenvalue weighted by Gasteiger charge is -2.13. The molecule has 0 saturated carbocycles. The van der Waals surface area contributed by atoms with Gasteiger partial charge >= 0.3 is 0 Å². The van der Waals surface area contributed by atoms with E-state index in [0.29, 0.717) is 5.69 Å². The van der Waals surface area contributed by atoms with Gasteiger partial charge < -0.3 is 20.1 Å². The van der Waals surface area contributed by atoms with Gasteiger partial charge in [0.05, 0.1) is 12.2 Å². The van der Waals surface area contributed by atoms with Gasteiger partial charge in [-0.05, 0) is 22.0 Å². The first-order valence-corrected chi connectivity index (χ1v) is 5.36. The van der Waals surface area contributed by atoms with Gasteiger partial charge in [-0.2, -0.15) is 0 Å². The fourth-order valence-electron chi connectivity index (χ4n) is 1.60. The SMILES string of the molecule is O=C(c1cc(Br)c[nH]1)N1C[C@@H](O)[C@@H](O)C1. The highest BCUT2D eigenvalue weighted by Crippen LogP contribution is 2.16. The number of nitrogens with one attached hydrogen (secondary N) is 1. The fourth-order valence-corrected chi connectivity index (χ4v) is 1.94. The average molecular weight is 275 g/mol. The Morgan fingerprint density at radius 3 is 2.53 bits per heavy atom. The summed E-state index contributed by atoms with van der Waals surface area (Å²) in [4.78, 5) is 16.0. The summed E-state index contributed by atoms with van der Waals surface area (Å²) < 4.78 is 0.797. The summed E-state index contributed by atoms with van der Waals surface area (Å²) in [5.74, 6) is -0.212. The number of β-amino-alcohol motifs (C(OH)–C–C–N with tert-alkyl or cyclic N) is 2. The summed E-state index contributed by atoms with van der Waals surface area (Å²) in [7, 11) is 0. The highest BCUT2D eigenvalue weighted by Gasteiger charge is 2.33. The van der Waals surface area contributed by atoms with E-state index in [4.69, 9.17) is 0 Å². The Balaban J connectivity index is 2.10. The molecular weight excluding hydrogens is 264 g/mol. The Morgan fingerprint density at radius 1 is 1.47 bits per heavy atom. The highest BCUT2D eigenvalue weighted by molar-refractivity contribution is 9.10. The van der Waals surface area contributed by atoms with Crippen LogP contribution in [0.15, 0.2) is 16.7 Å². The number of H-pyrrole nitrogens is 1. The maximum absolute atomic E-state index is 11.8. The maximum Gasteiger partial charge on any atom is 0.270 e. The Hall–Kier alpha value is -0.850. The fraction of sp³-hybridized carbons (Fsp3) is 0.444. The number of nitrogens with zero attached hydrogens (tertiary/aromatic N) is 1. The van der Waals surface area contributed by atoms with Gasteiger partial charge in [0.25, 0.3) is 5.91 Å². The summed E-state index contributed by atoms with van der Waals surface area (Å²) >= 11 is 3.23. The smallest absolute Gasteiger partial charge is 0.270 e. The zero-order valence-corrected chi connectivity index (χ0v) is 9.44. The molecule has 0 aliphatic carbocycles. The van der Waals surface area contributed by atoms with Crippen LogP contribution in [0.25, 0.3) is 0 Å². The minimum absolute atomic E-state index is 0.177. The molecular formula is C9H11BrN2O3. The third kappa shape index (κ3) is 2.06. The van der Waals surface area contributed by atoms with Crippen LogP contribution in [0.2, 0.25) is 0 Å². The number of aromatic nitrogens is 1. The number of carbonyl (C=O) groups is 1. The van der Waals surface area contributed by atoms with Crippen molar-refractivity contribution in [3.63, 3.8) is 0 Å². The lowest BCUT2D eigenvalue weighted by molar-refractivity contribution is 0.0572. The van der Waals surface area contributed by atoms with Crippen LogP contribution in [-0.4, -0.2) is 51.3 Å². The predicted molar refractivity (Wildman–Crippen MR) is 56.4 cm³/mol. The van der Waals surface area contributed by atoms with Crippen LogP contribution in [-0.2, 0) is 0 Å². The molecule has 1 amide bonds. The van der Waals surface area contributed by atoms with Gasteiger partial charge in [0.2, 0.25) is 0 Å². The number of amides is 1. The van der Waals surface area contributed by atoms with Gasteiger partial charge in [0, 0.05) is 23.8 Å². The number of hydrogen-bond donors (Lipinski definition) is 3. The van der Waals surface area contributed by atoms with Crippen molar-refractivity contribution < 1.29 is 15.0 Å². The van der Waals surface area contributed by atoms with Gasteiger partial charge in [-0.1, -0.05) is 0 Å². The second-order valence-corrected chi connectivity index (χ2v) is 4.49. The lowest BCUT2D eigenvalue weighted by Crippen LogP contribution is -2.30. The van der Waals surface area contributed by atoms with E-state index < -0.39 is 12.2 Å². The molecule has 3 N–H and O–H groups in total. The van der Waals surface area contributed by atoms with Crippen LogP contribution in [0.3, 0.4) is 0 Å². The third-order valence-electron chi connectivity index (χ3n) is 2.42. The van der Waals surface area contributed by atoms with Crippen molar-refractivity contribution in [1.29, 1.82) is 0 Å². The number of rotatable bonds is 1. The summed E-state index contributed by atoms with van der Waals surface area (Å²) in [6.07, 6.45) is -0.0180. The molecule has 2 atom stereocenters. The van der Waals surface area contributed by atoms with E-state index in [1.807, 2.05) is 0 Å². The average Bonchev–Trinajstić information content (AvgIpc) is 2.74. The Labute approximate surface area is 94.8 Å². The quantitative estimate of drug-likeness (QED) is 0.673. The van der Waals surface area contributed by atoms with E-state index in [-0.39, 0.29) is 19.0 Å². The van der Waals surface area contributed by atoms with Gasteiger partial charge in [0.15, 0.2) is 0 Å². The van der Waals surface area contributed by atoms with Crippen molar-refractivity contribution in [2.75, 3.05) is 13.1 Å². The van der Waals surface area contributed by atoms with Crippen molar-refractivity contribution in [1.82, 2.24) is 9.88 Å².